The molecule has 0 aliphatic heterocycles. The lowest BCUT2D eigenvalue weighted by Crippen LogP contribution is -2.33. The lowest BCUT2D eigenvalue weighted by molar-refractivity contribution is -0.122. The van der Waals surface area contributed by atoms with Crippen LogP contribution < -0.4 is 11.0 Å². The molecule has 0 aliphatic carbocycles. The number of amides is 1. The Morgan fingerprint density at radius 3 is 2.70 bits per heavy atom. The van der Waals surface area contributed by atoms with E-state index >= 15 is 0 Å². The topological polar surface area (TPSA) is 81.8 Å². The highest BCUT2D eigenvalue weighted by Crippen LogP contribution is 2.17. The van der Waals surface area contributed by atoms with Crippen LogP contribution in [0, 0.1) is 5.41 Å². The molecule has 2 aromatic heterocycles. The van der Waals surface area contributed by atoms with Crippen LogP contribution in [0.15, 0.2) is 29.3 Å². The molecule has 124 valence electrons. The highest BCUT2D eigenvalue weighted by Gasteiger charge is 2.16. The van der Waals surface area contributed by atoms with E-state index < -0.39 is 0 Å². The van der Waals surface area contributed by atoms with Crippen molar-refractivity contribution in [3.63, 3.8) is 0 Å². The molecule has 0 unspecified atom stereocenters. The van der Waals surface area contributed by atoms with Gasteiger partial charge in [0.1, 0.15) is 0 Å². The van der Waals surface area contributed by atoms with Crippen molar-refractivity contribution < 1.29 is 4.79 Å². The summed E-state index contributed by atoms with van der Waals surface area (Å²) in [6.45, 7) is 6.74. The normalized spacial score (nSPS) is 11.5. The van der Waals surface area contributed by atoms with Crippen LogP contribution in [-0.4, -0.2) is 31.8 Å². The fraction of sp³-hybridized carbons (Fsp3) is 0.500. The van der Waals surface area contributed by atoms with E-state index in [1.165, 1.54) is 9.25 Å². The minimum absolute atomic E-state index is 0.0195. The summed E-state index contributed by atoms with van der Waals surface area (Å²) in [7, 11) is 1.67. The van der Waals surface area contributed by atoms with Crippen molar-refractivity contribution in [2.45, 2.75) is 33.7 Å². The Labute approximate surface area is 135 Å². The molecule has 1 amide bonds. The van der Waals surface area contributed by atoms with Gasteiger partial charge in [0, 0.05) is 38.0 Å². The van der Waals surface area contributed by atoms with Gasteiger partial charge in [-0.3, -0.25) is 14.3 Å². The average molecular weight is 317 g/mol. The molecule has 0 radical (unpaired) electrons. The molecule has 0 atom stereocenters. The lowest BCUT2D eigenvalue weighted by Gasteiger charge is -2.17. The van der Waals surface area contributed by atoms with Crippen molar-refractivity contribution in [1.29, 1.82) is 0 Å². The molecule has 0 aliphatic rings. The van der Waals surface area contributed by atoms with E-state index in [4.69, 9.17) is 0 Å². The highest BCUT2D eigenvalue weighted by molar-refractivity contribution is 5.76. The van der Waals surface area contributed by atoms with Crippen LogP contribution in [-0.2, 0) is 18.4 Å². The molecule has 0 saturated carbocycles. The number of carbonyl (C=O) groups excluding carboxylic acids is 1. The van der Waals surface area contributed by atoms with Crippen molar-refractivity contribution in [3.8, 4) is 11.4 Å². The van der Waals surface area contributed by atoms with Gasteiger partial charge in [0.15, 0.2) is 5.82 Å². The second-order valence-electron chi connectivity index (χ2n) is 6.72. The molecule has 0 bridgehead atoms. The maximum absolute atomic E-state index is 12.2. The van der Waals surface area contributed by atoms with E-state index in [0.717, 1.165) is 5.56 Å². The SMILES string of the molecule is Cn1c(-c2cccnc2)nn(CCNC(=O)CC(C)(C)C)c1=O. The van der Waals surface area contributed by atoms with E-state index in [-0.39, 0.29) is 17.0 Å². The average Bonchev–Trinajstić information content (AvgIpc) is 2.75. The number of carbonyl (C=O) groups is 1. The highest BCUT2D eigenvalue weighted by atomic mass is 16.2. The lowest BCUT2D eigenvalue weighted by atomic mass is 9.92. The van der Waals surface area contributed by atoms with Crippen LogP contribution in [0.4, 0.5) is 0 Å². The van der Waals surface area contributed by atoms with Crippen molar-refractivity contribution in [3.05, 3.63) is 35.0 Å². The molecule has 23 heavy (non-hydrogen) atoms. The van der Waals surface area contributed by atoms with Gasteiger partial charge in [-0.05, 0) is 17.5 Å². The Morgan fingerprint density at radius 1 is 1.35 bits per heavy atom. The summed E-state index contributed by atoms with van der Waals surface area (Å²) in [5.74, 6) is 0.540. The smallest absolute Gasteiger partial charge is 0.345 e. The van der Waals surface area contributed by atoms with Crippen molar-refractivity contribution in [2.24, 2.45) is 12.5 Å². The second-order valence-corrected chi connectivity index (χ2v) is 6.72. The maximum Gasteiger partial charge on any atom is 0.345 e. The monoisotopic (exact) mass is 317 g/mol. The van der Waals surface area contributed by atoms with Gasteiger partial charge in [0.25, 0.3) is 0 Å². The number of pyridine rings is 1. The van der Waals surface area contributed by atoms with Gasteiger partial charge in [-0.2, -0.15) is 0 Å². The van der Waals surface area contributed by atoms with Gasteiger partial charge < -0.3 is 5.32 Å². The third kappa shape index (κ3) is 4.51. The van der Waals surface area contributed by atoms with Gasteiger partial charge in [0.2, 0.25) is 5.91 Å². The predicted molar refractivity (Wildman–Crippen MR) is 87.8 cm³/mol. The first kappa shape index (κ1) is 16.9. The predicted octanol–water partition coefficient (Wildman–Crippen LogP) is 1.20. The number of hydrogen-bond donors (Lipinski definition) is 1. The van der Waals surface area contributed by atoms with Crippen LogP contribution in [0.25, 0.3) is 11.4 Å². The number of hydrogen-bond acceptors (Lipinski definition) is 4. The quantitative estimate of drug-likeness (QED) is 0.898. The van der Waals surface area contributed by atoms with Crippen LogP contribution >= 0.6 is 0 Å². The van der Waals surface area contributed by atoms with E-state index in [1.54, 1.807) is 25.5 Å². The summed E-state index contributed by atoms with van der Waals surface area (Å²) >= 11 is 0. The molecular weight excluding hydrogens is 294 g/mol. The van der Waals surface area contributed by atoms with E-state index in [9.17, 15) is 9.59 Å². The first-order chi connectivity index (χ1) is 10.8. The van der Waals surface area contributed by atoms with E-state index in [0.29, 0.717) is 25.3 Å². The zero-order valence-electron chi connectivity index (χ0n) is 14.0. The molecule has 7 nitrogen and oxygen atoms in total. The zero-order valence-corrected chi connectivity index (χ0v) is 14.0. The molecule has 0 saturated heterocycles. The largest absolute Gasteiger partial charge is 0.354 e. The van der Waals surface area contributed by atoms with Gasteiger partial charge in [0.05, 0.1) is 6.54 Å². The Bertz CT molecular complexity index is 725. The van der Waals surface area contributed by atoms with Crippen molar-refractivity contribution in [2.75, 3.05) is 6.54 Å². The number of rotatable bonds is 5. The number of nitrogens with one attached hydrogen (secondary N) is 1. The number of aromatic nitrogens is 4. The summed E-state index contributed by atoms with van der Waals surface area (Å²) in [5.41, 5.74) is 0.510. The summed E-state index contributed by atoms with van der Waals surface area (Å²) in [4.78, 5) is 28.0. The molecule has 2 heterocycles. The van der Waals surface area contributed by atoms with Gasteiger partial charge in [-0.1, -0.05) is 20.8 Å². The fourth-order valence-electron chi connectivity index (χ4n) is 2.23. The Morgan fingerprint density at radius 2 is 2.09 bits per heavy atom. The Balaban J connectivity index is 2.02. The van der Waals surface area contributed by atoms with Gasteiger partial charge in [-0.25, -0.2) is 9.48 Å². The molecule has 2 aromatic rings. The van der Waals surface area contributed by atoms with Gasteiger partial charge >= 0.3 is 5.69 Å². The minimum atomic E-state index is -0.214. The first-order valence-electron chi connectivity index (χ1n) is 7.59. The van der Waals surface area contributed by atoms with Crippen LogP contribution in [0.5, 0.6) is 0 Å². The zero-order chi connectivity index (χ0) is 17.0. The fourth-order valence-corrected chi connectivity index (χ4v) is 2.23. The maximum atomic E-state index is 12.2. The van der Waals surface area contributed by atoms with Crippen molar-refractivity contribution >= 4 is 5.91 Å². The van der Waals surface area contributed by atoms with E-state index in [2.05, 4.69) is 15.4 Å². The molecule has 0 spiro atoms. The third-order valence-electron chi connectivity index (χ3n) is 3.30. The molecule has 1 N–H and O–H groups in total. The third-order valence-corrected chi connectivity index (χ3v) is 3.30. The summed E-state index contributed by atoms with van der Waals surface area (Å²) in [6.07, 6.45) is 3.78. The molecular formula is C16H23N5O2. The summed E-state index contributed by atoms with van der Waals surface area (Å²) < 4.78 is 2.84. The summed E-state index contributed by atoms with van der Waals surface area (Å²) in [6, 6.07) is 3.65. The molecule has 7 heteroatoms. The molecule has 0 fully saturated rings. The number of nitrogens with zero attached hydrogens (tertiary/aromatic N) is 4. The van der Waals surface area contributed by atoms with Gasteiger partial charge in [-0.15, -0.1) is 5.10 Å². The Hall–Kier alpha value is -2.44. The summed E-state index contributed by atoms with van der Waals surface area (Å²) in [5, 5.41) is 7.15. The van der Waals surface area contributed by atoms with Crippen LogP contribution in [0.3, 0.4) is 0 Å². The van der Waals surface area contributed by atoms with E-state index in [1.807, 2.05) is 26.8 Å². The standard InChI is InChI=1S/C16H23N5O2/c1-16(2,3)10-13(22)18-8-9-21-15(23)20(4)14(19-21)12-6-5-7-17-11-12/h5-7,11H,8-10H2,1-4H3,(H,18,22). The second kappa shape index (κ2) is 6.76. The molecule has 0 aromatic carbocycles. The van der Waals surface area contributed by atoms with Crippen LogP contribution in [0.2, 0.25) is 0 Å². The minimum Gasteiger partial charge on any atom is -0.354 e. The Kier molecular flexibility index (Phi) is 4.98. The molecule has 2 rings (SSSR count). The van der Waals surface area contributed by atoms with Crippen LogP contribution in [0.1, 0.15) is 27.2 Å². The van der Waals surface area contributed by atoms with Crippen molar-refractivity contribution in [1.82, 2.24) is 24.6 Å². The first-order valence-corrected chi connectivity index (χ1v) is 7.59.